The maximum Gasteiger partial charge on any atom is 0.303 e. The van der Waals surface area contributed by atoms with Gasteiger partial charge in [-0.15, -0.1) is 0 Å². The van der Waals surface area contributed by atoms with Gasteiger partial charge in [0.25, 0.3) is 0 Å². The van der Waals surface area contributed by atoms with Gasteiger partial charge in [-0.3, -0.25) is 9.59 Å². The zero-order valence-corrected chi connectivity index (χ0v) is 18.8. The zero-order valence-electron chi connectivity index (χ0n) is 18.8. The largest absolute Gasteiger partial charge is 0.481 e. The van der Waals surface area contributed by atoms with Gasteiger partial charge in [-0.05, 0) is 19.3 Å². The molecular weight excluding hydrogens is 368 g/mol. The summed E-state index contributed by atoms with van der Waals surface area (Å²) in [5.74, 6) is -1.04. The number of rotatable bonds is 14. The smallest absolute Gasteiger partial charge is 0.303 e. The van der Waals surface area contributed by atoms with E-state index in [4.69, 9.17) is 5.11 Å². The van der Waals surface area contributed by atoms with Crippen molar-refractivity contribution in [2.75, 3.05) is 0 Å². The average Bonchev–Trinajstić information content (AvgIpc) is 2.95. The van der Waals surface area contributed by atoms with E-state index in [0.29, 0.717) is 6.42 Å². The van der Waals surface area contributed by atoms with Gasteiger partial charge in [0.15, 0.2) is 0 Å². The molecule has 1 aliphatic carbocycles. The Kier molecular flexibility index (Phi) is 16.9. The lowest BCUT2D eigenvalue weighted by Crippen LogP contribution is -2.19. The summed E-state index contributed by atoms with van der Waals surface area (Å²) >= 11 is 0. The minimum Gasteiger partial charge on any atom is -0.481 e. The van der Waals surface area contributed by atoms with Crippen molar-refractivity contribution in [2.24, 2.45) is 11.8 Å². The summed E-state index contributed by atoms with van der Waals surface area (Å²) in [5, 5.41) is 28.7. The van der Waals surface area contributed by atoms with E-state index >= 15 is 0 Å². The Balaban J connectivity index is 0.00000178. The molecule has 1 fully saturated rings. The summed E-state index contributed by atoms with van der Waals surface area (Å²) < 4.78 is 0. The van der Waals surface area contributed by atoms with Gasteiger partial charge >= 0.3 is 5.97 Å². The second-order valence-corrected chi connectivity index (χ2v) is 8.22. The minimum absolute atomic E-state index is 0.105. The van der Waals surface area contributed by atoms with Crippen molar-refractivity contribution in [3.05, 3.63) is 12.2 Å². The number of carbonyl (C=O) groups excluding carboxylic acids is 1. The Morgan fingerprint density at radius 1 is 1.03 bits per heavy atom. The number of hydrogen-bond donors (Lipinski definition) is 3. The first-order valence-electron chi connectivity index (χ1n) is 11.7. The Labute approximate surface area is 177 Å². The lowest BCUT2D eigenvalue weighted by atomic mass is 9.88. The molecule has 0 spiro atoms. The van der Waals surface area contributed by atoms with Gasteiger partial charge in [-0.2, -0.15) is 0 Å². The highest BCUT2D eigenvalue weighted by molar-refractivity contribution is 5.84. The number of unbranched alkanes of at least 4 members (excludes halogenated alkanes) is 6. The second-order valence-electron chi connectivity index (χ2n) is 8.22. The highest BCUT2D eigenvalue weighted by Gasteiger charge is 2.39. The van der Waals surface area contributed by atoms with E-state index < -0.39 is 18.2 Å². The molecule has 1 aliphatic rings. The normalized spacial score (nSPS) is 22.5. The summed E-state index contributed by atoms with van der Waals surface area (Å²) in [5.41, 5.74) is 0. The van der Waals surface area contributed by atoms with Gasteiger partial charge in [0, 0.05) is 24.7 Å². The van der Waals surface area contributed by atoms with Crippen LogP contribution in [-0.4, -0.2) is 39.3 Å². The van der Waals surface area contributed by atoms with Crippen LogP contribution in [0.3, 0.4) is 0 Å². The molecule has 170 valence electrons. The Morgan fingerprint density at radius 2 is 1.69 bits per heavy atom. The van der Waals surface area contributed by atoms with Crippen LogP contribution in [0.4, 0.5) is 0 Å². The van der Waals surface area contributed by atoms with E-state index in [1.807, 2.05) is 6.08 Å². The summed E-state index contributed by atoms with van der Waals surface area (Å²) in [7, 11) is 0. The molecule has 29 heavy (non-hydrogen) atoms. The molecule has 4 atom stereocenters. The molecule has 0 saturated heterocycles. The van der Waals surface area contributed by atoms with Crippen molar-refractivity contribution < 1.29 is 24.9 Å². The minimum atomic E-state index is -0.767. The molecule has 0 bridgehead atoms. The first-order chi connectivity index (χ1) is 13.9. The fraction of sp³-hybridized carbons (Fsp3) is 0.833. The fourth-order valence-electron chi connectivity index (χ4n) is 3.54. The van der Waals surface area contributed by atoms with Gasteiger partial charge in [-0.1, -0.05) is 84.3 Å². The van der Waals surface area contributed by atoms with Crippen molar-refractivity contribution in [3.63, 3.8) is 0 Å². The maximum absolute atomic E-state index is 12.1. The average molecular weight is 413 g/mol. The van der Waals surface area contributed by atoms with E-state index in [1.165, 1.54) is 12.8 Å². The molecule has 0 aromatic carbocycles. The monoisotopic (exact) mass is 412 g/mol. The van der Waals surface area contributed by atoms with Crippen molar-refractivity contribution in [1.82, 2.24) is 0 Å². The van der Waals surface area contributed by atoms with Crippen LogP contribution in [0, 0.1) is 11.8 Å². The molecule has 5 heteroatoms. The van der Waals surface area contributed by atoms with E-state index in [2.05, 4.69) is 20.8 Å². The first kappa shape index (κ1) is 27.8. The summed E-state index contributed by atoms with van der Waals surface area (Å²) in [6.07, 6.45) is 13.4. The molecule has 0 heterocycles. The molecule has 0 unspecified atom stereocenters. The maximum atomic E-state index is 12.1. The lowest BCUT2D eigenvalue weighted by molar-refractivity contribution is -0.137. The molecule has 5 nitrogen and oxygen atoms in total. The number of ketones is 1. The van der Waals surface area contributed by atoms with Crippen LogP contribution in [0.15, 0.2) is 12.2 Å². The summed E-state index contributed by atoms with van der Waals surface area (Å²) in [6, 6.07) is 0. The molecule has 0 aliphatic heterocycles. The quantitative estimate of drug-likeness (QED) is 0.266. The van der Waals surface area contributed by atoms with Gasteiger partial charge in [0.1, 0.15) is 5.78 Å². The predicted molar refractivity (Wildman–Crippen MR) is 118 cm³/mol. The number of aliphatic hydroxyl groups is 2. The highest BCUT2D eigenvalue weighted by Crippen LogP contribution is 2.34. The molecular formula is C24H44O5. The third-order valence-electron chi connectivity index (χ3n) is 5.55. The SMILES string of the molecule is CCCC.CCCCC[C@H](O)/C=C/[C@H]1[C@H](O)CC(=O)[C@@H]1CCCCCCC(=O)O. The molecule has 0 aromatic heterocycles. The number of Topliss-reactive ketones (excluding diaryl/α,β-unsaturated/α-hetero) is 1. The molecule has 3 N–H and O–H groups in total. The zero-order chi connectivity index (χ0) is 22.1. The molecule has 0 amide bonds. The van der Waals surface area contributed by atoms with Crippen molar-refractivity contribution in [3.8, 4) is 0 Å². The van der Waals surface area contributed by atoms with Crippen molar-refractivity contribution in [2.45, 2.75) is 116 Å². The first-order valence-corrected chi connectivity index (χ1v) is 11.7. The molecule has 1 saturated carbocycles. The van der Waals surface area contributed by atoms with Crippen LogP contribution < -0.4 is 0 Å². The van der Waals surface area contributed by atoms with Crippen LogP contribution in [0.2, 0.25) is 0 Å². The number of hydrogen-bond acceptors (Lipinski definition) is 4. The Bertz CT molecular complexity index is 458. The molecule has 0 aromatic rings. The van der Waals surface area contributed by atoms with Crippen LogP contribution in [0.25, 0.3) is 0 Å². The van der Waals surface area contributed by atoms with Crippen LogP contribution in [0.1, 0.15) is 104 Å². The molecule has 0 radical (unpaired) electrons. The number of carbonyl (C=O) groups is 2. The van der Waals surface area contributed by atoms with Gasteiger partial charge < -0.3 is 15.3 Å². The lowest BCUT2D eigenvalue weighted by Gasteiger charge is -2.18. The second kappa shape index (κ2) is 17.6. The van der Waals surface area contributed by atoms with E-state index in [-0.39, 0.29) is 30.5 Å². The van der Waals surface area contributed by atoms with Crippen LogP contribution in [-0.2, 0) is 9.59 Å². The van der Waals surface area contributed by atoms with Crippen molar-refractivity contribution in [1.29, 1.82) is 0 Å². The Morgan fingerprint density at radius 3 is 2.28 bits per heavy atom. The van der Waals surface area contributed by atoms with Gasteiger partial charge in [0.05, 0.1) is 12.2 Å². The van der Waals surface area contributed by atoms with Gasteiger partial charge in [0.2, 0.25) is 0 Å². The predicted octanol–water partition coefficient (Wildman–Crippen LogP) is 5.28. The highest BCUT2D eigenvalue weighted by atomic mass is 16.4. The van der Waals surface area contributed by atoms with Gasteiger partial charge in [-0.25, -0.2) is 0 Å². The Hall–Kier alpha value is -1.20. The van der Waals surface area contributed by atoms with Crippen LogP contribution in [0.5, 0.6) is 0 Å². The van der Waals surface area contributed by atoms with E-state index in [1.54, 1.807) is 6.08 Å². The number of aliphatic carboxylic acids is 1. The fourth-order valence-corrected chi connectivity index (χ4v) is 3.54. The van der Waals surface area contributed by atoms with E-state index in [9.17, 15) is 19.8 Å². The molecule has 1 rings (SSSR count). The van der Waals surface area contributed by atoms with E-state index in [0.717, 1.165) is 51.4 Å². The number of carboxylic acids is 1. The third kappa shape index (κ3) is 13.6. The standard InChI is InChI=1S/C20H34O5.C4H10/c1-2-3-6-9-15(21)12-13-17-16(18(22)14-19(17)23)10-7-4-5-8-11-20(24)25;1-3-4-2/h12-13,15-17,19,21,23H,2-11,14H2,1H3,(H,24,25);3-4H2,1-2H3/b13-12+;/t15-,16+,17+,19+;/m0./s1. The third-order valence-corrected chi connectivity index (χ3v) is 5.55. The number of carboxylic acid groups (broad SMARTS) is 1. The van der Waals surface area contributed by atoms with Crippen LogP contribution >= 0.6 is 0 Å². The topological polar surface area (TPSA) is 94.8 Å². The summed E-state index contributed by atoms with van der Waals surface area (Å²) in [6.45, 7) is 6.48. The van der Waals surface area contributed by atoms with Crippen molar-refractivity contribution >= 4 is 11.8 Å². The number of aliphatic hydroxyl groups excluding tert-OH is 2. The summed E-state index contributed by atoms with van der Waals surface area (Å²) in [4.78, 5) is 22.6.